The number of pyridine rings is 1. The molecule has 8 heteroatoms. The number of hydrogen-bond acceptors (Lipinski definition) is 4. The molecule has 0 aliphatic heterocycles. The number of para-hydroxylation sites is 1. The van der Waals surface area contributed by atoms with E-state index in [1.54, 1.807) is 48.8 Å². The molecule has 0 amide bonds. The van der Waals surface area contributed by atoms with Gasteiger partial charge in [0.15, 0.2) is 5.96 Å². The molecule has 0 unspecified atom stereocenters. The Morgan fingerprint density at radius 2 is 1.62 bits per heavy atom. The average molecular weight is 375 g/mol. The van der Waals surface area contributed by atoms with Gasteiger partial charge in [-0.1, -0.05) is 31.0 Å². The van der Waals surface area contributed by atoms with E-state index in [1.165, 1.54) is 0 Å². The Kier molecular flexibility index (Phi) is 7.88. The zero-order valence-corrected chi connectivity index (χ0v) is 15.4. The number of aromatic nitrogens is 1. The second kappa shape index (κ2) is 10.4. The number of hydrogen-bond donors (Lipinski definition) is 4. The number of unbranched alkanes of at least 4 members (excludes halogenated alkanes) is 3. The van der Waals surface area contributed by atoms with Crippen LogP contribution in [0, 0.1) is 5.41 Å². The first kappa shape index (κ1) is 19.7. The first-order valence-electron chi connectivity index (χ1n) is 8.60. The predicted molar refractivity (Wildman–Crippen MR) is 106 cm³/mol. The van der Waals surface area contributed by atoms with Crippen molar-refractivity contribution < 1.29 is 8.42 Å². The third kappa shape index (κ3) is 7.98. The van der Waals surface area contributed by atoms with Gasteiger partial charge in [-0.3, -0.25) is 15.1 Å². The minimum Gasteiger partial charge on any atom is -0.356 e. The minimum absolute atomic E-state index is 0.120. The van der Waals surface area contributed by atoms with E-state index < -0.39 is 10.0 Å². The Morgan fingerprint density at radius 3 is 2.35 bits per heavy atom. The Balaban J connectivity index is 1.53. The number of nitrogens with zero attached hydrogens (tertiary/aromatic N) is 1. The lowest BCUT2D eigenvalue weighted by molar-refractivity contribution is 0.591. The highest BCUT2D eigenvalue weighted by atomic mass is 32.2. The molecule has 0 aliphatic carbocycles. The topological polar surface area (TPSA) is 107 Å². The van der Waals surface area contributed by atoms with E-state index in [2.05, 4.69) is 20.3 Å². The molecule has 140 valence electrons. The van der Waals surface area contributed by atoms with Crippen molar-refractivity contribution >= 4 is 27.4 Å². The van der Waals surface area contributed by atoms with Gasteiger partial charge in [-0.25, -0.2) is 8.42 Å². The standard InChI is InChI=1S/C18H25N5O2S/c19-18(22-16-10-13-20-14-11-16)21-12-6-1-2-7-15-26(24,25)23-17-8-4-3-5-9-17/h3-5,8-11,13-14,23H,1-2,6-7,12,15H2,(H3,19,20,21,22). The molecular formula is C18H25N5O2S. The van der Waals surface area contributed by atoms with Gasteiger partial charge in [-0.15, -0.1) is 0 Å². The highest BCUT2D eigenvalue weighted by Crippen LogP contribution is 2.10. The normalized spacial score (nSPS) is 10.9. The fourth-order valence-corrected chi connectivity index (χ4v) is 3.53. The van der Waals surface area contributed by atoms with Crippen LogP contribution in [0.4, 0.5) is 11.4 Å². The van der Waals surface area contributed by atoms with Gasteiger partial charge in [-0.2, -0.15) is 0 Å². The molecular weight excluding hydrogens is 350 g/mol. The van der Waals surface area contributed by atoms with Crippen molar-refractivity contribution in [1.82, 2.24) is 10.3 Å². The zero-order valence-electron chi connectivity index (χ0n) is 14.6. The molecule has 1 heterocycles. The molecule has 2 rings (SSSR count). The Labute approximate surface area is 154 Å². The fourth-order valence-electron chi connectivity index (χ4n) is 2.34. The molecule has 4 N–H and O–H groups in total. The van der Waals surface area contributed by atoms with E-state index in [-0.39, 0.29) is 11.7 Å². The molecule has 1 aromatic carbocycles. The number of rotatable bonds is 10. The van der Waals surface area contributed by atoms with Gasteiger partial charge < -0.3 is 10.6 Å². The first-order chi connectivity index (χ1) is 12.6. The summed E-state index contributed by atoms with van der Waals surface area (Å²) in [6, 6.07) is 12.5. The molecule has 0 aliphatic rings. The maximum atomic E-state index is 12.0. The Bertz CT molecular complexity index is 767. The van der Waals surface area contributed by atoms with Crippen molar-refractivity contribution in [3.8, 4) is 0 Å². The minimum atomic E-state index is -3.29. The summed E-state index contributed by atoms with van der Waals surface area (Å²) >= 11 is 0. The second-order valence-corrected chi connectivity index (χ2v) is 7.71. The number of anilines is 2. The average Bonchev–Trinajstić information content (AvgIpc) is 2.62. The highest BCUT2D eigenvalue weighted by molar-refractivity contribution is 7.92. The summed E-state index contributed by atoms with van der Waals surface area (Å²) in [7, 11) is -3.29. The molecule has 2 aromatic rings. The van der Waals surface area contributed by atoms with Crippen LogP contribution in [0.2, 0.25) is 0 Å². The second-order valence-electron chi connectivity index (χ2n) is 5.86. The lowest BCUT2D eigenvalue weighted by Gasteiger charge is -2.10. The van der Waals surface area contributed by atoms with Gasteiger partial charge >= 0.3 is 0 Å². The Morgan fingerprint density at radius 1 is 0.923 bits per heavy atom. The van der Waals surface area contributed by atoms with Crippen molar-refractivity contribution in [1.29, 1.82) is 5.41 Å². The van der Waals surface area contributed by atoms with Crippen molar-refractivity contribution in [2.24, 2.45) is 0 Å². The number of guanidine groups is 1. The third-order valence-corrected chi connectivity index (χ3v) is 5.01. The summed E-state index contributed by atoms with van der Waals surface area (Å²) in [6.07, 6.45) is 6.58. The van der Waals surface area contributed by atoms with Crippen LogP contribution < -0.4 is 15.4 Å². The molecule has 0 spiro atoms. The molecule has 0 fully saturated rings. The van der Waals surface area contributed by atoms with Crippen molar-refractivity contribution in [3.05, 3.63) is 54.9 Å². The lowest BCUT2D eigenvalue weighted by Crippen LogP contribution is -2.30. The van der Waals surface area contributed by atoms with Crippen molar-refractivity contribution in [2.75, 3.05) is 22.3 Å². The maximum absolute atomic E-state index is 12.0. The number of nitrogens with one attached hydrogen (secondary N) is 4. The van der Waals surface area contributed by atoms with Gasteiger partial charge in [-0.05, 0) is 37.1 Å². The highest BCUT2D eigenvalue weighted by Gasteiger charge is 2.09. The smallest absolute Gasteiger partial charge is 0.232 e. The quantitative estimate of drug-likeness (QED) is 0.290. The van der Waals surface area contributed by atoms with Gasteiger partial charge in [0.1, 0.15) is 0 Å². The van der Waals surface area contributed by atoms with Crippen LogP contribution in [0.5, 0.6) is 0 Å². The summed E-state index contributed by atoms with van der Waals surface area (Å²) in [4.78, 5) is 3.92. The molecule has 7 nitrogen and oxygen atoms in total. The third-order valence-electron chi connectivity index (χ3n) is 3.64. The van der Waals surface area contributed by atoms with E-state index >= 15 is 0 Å². The van der Waals surface area contributed by atoms with E-state index in [0.29, 0.717) is 18.7 Å². The van der Waals surface area contributed by atoms with E-state index in [1.807, 2.05) is 6.07 Å². The molecule has 0 saturated heterocycles. The SMILES string of the molecule is N=C(NCCCCCCS(=O)(=O)Nc1ccccc1)Nc1ccncc1. The van der Waals surface area contributed by atoms with Crippen LogP contribution in [0.3, 0.4) is 0 Å². The van der Waals surface area contributed by atoms with Crippen LogP contribution in [0.25, 0.3) is 0 Å². The molecule has 1 aromatic heterocycles. The fraction of sp³-hybridized carbons (Fsp3) is 0.333. The molecule has 0 bridgehead atoms. The first-order valence-corrected chi connectivity index (χ1v) is 10.3. The van der Waals surface area contributed by atoms with Crippen LogP contribution >= 0.6 is 0 Å². The van der Waals surface area contributed by atoms with Gasteiger partial charge in [0.05, 0.1) is 5.75 Å². The van der Waals surface area contributed by atoms with Crippen molar-refractivity contribution in [3.63, 3.8) is 0 Å². The Hall–Kier alpha value is -2.61. The predicted octanol–water partition coefficient (Wildman–Crippen LogP) is 3.02. The summed E-state index contributed by atoms with van der Waals surface area (Å²) in [5.41, 5.74) is 1.41. The zero-order chi connectivity index (χ0) is 18.7. The number of benzene rings is 1. The molecule has 0 radical (unpaired) electrons. The summed E-state index contributed by atoms with van der Waals surface area (Å²) < 4.78 is 26.6. The van der Waals surface area contributed by atoms with E-state index in [0.717, 1.165) is 24.9 Å². The van der Waals surface area contributed by atoms with Crippen LogP contribution in [0.15, 0.2) is 54.9 Å². The number of sulfonamides is 1. The maximum Gasteiger partial charge on any atom is 0.232 e. The van der Waals surface area contributed by atoms with E-state index in [9.17, 15) is 8.42 Å². The molecule has 0 atom stereocenters. The van der Waals surface area contributed by atoms with E-state index in [4.69, 9.17) is 5.41 Å². The van der Waals surface area contributed by atoms with Gasteiger partial charge in [0, 0.05) is 30.3 Å². The summed E-state index contributed by atoms with van der Waals surface area (Å²) in [5, 5.41) is 13.7. The summed E-state index contributed by atoms with van der Waals surface area (Å²) in [5.74, 6) is 0.361. The largest absolute Gasteiger partial charge is 0.356 e. The summed E-state index contributed by atoms with van der Waals surface area (Å²) in [6.45, 7) is 0.673. The van der Waals surface area contributed by atoms with Crippen LogP contribution in [-0.4, -0.2) is 31.7 Å². The van der Waals surface area contributed by atoms with Crippen LogP contribution in [0.1, 0.15) is 25.7 Å². The lowest BCUT2D eigenvalue weighted by atomic mass is 10.2. The van der Waals surface area contributed by atoms with Gasteiger partial charge in [0.2, 0.25) is 10.0 Å². The molecule has 0 saturated carbocycles. The van der Waals surface area contributed by atoms with Crippen molar-refractivity contribution in [2.45, 2.75) is 25.7 Å². The van der Waals surface area contributed by atoms with Crippen LogP contribution in [-0.2, 0) is 10.0 Å². The van der Waals surface area contributed by atoms with Gasteiger partial charge in [0.25, 0.3) is 0 Å². The monoisotopic (exact) mass is 375 g/mol. The molecule has 26 heavy (non-hydrogen) atoms.